The number of pyridine rings is 1. The van der Waals surface area contributed by atoms with Crippen molar-refractivity contribution in [1.29, 1.82) is 0 Å². The molecule has 1 heterocycles. The average Bonchev–Trinajstić information content (AvgIpc) is 2.61. The quantitative estimate of drug-likeness (QED) is 0.298. The molecule has 0 aliphatic rings. The smallest absolute Gasteiger partial charge is 0.258 e. The van der Waals surface area contributed by atoms with Crippen molar-refractivity contribution in [3.05, 3.63) is 83.0 Å². The van der Waals surface area contributed by atoms with Crippen LogP contribution in [0.25, 0.3) is 32.8 Å². The molecule has 0 aliphatic heterocycles. The van der Waals surface area contributed by atoms with Crippen molar-refractivity contribution in [3.8, 4) is 11.1 Å². The van der Waals surface area contributed by atoms with Gasteiger partial charge in [0.25, 0.3) is 5.69 Å². The molecule has 0 bridgehead atoms. The molecule has 0 aliphatic carbocycles. The van der Waals surface area contributed by atoms with Crippen molar-refractivity contribution in [1.82, 2.24) is 4.98 Å². The lowest BCUT2D eigenvalue weighted by Gasteiger charge is -2.10. The summed E-state index contributed by atoms with van der Waals surface area (Å²) < 4.78 is 0. The summed E-state index contributed by atoms with van der Waals surface area (Å²) in [4.78, 5) is 15.5. The van der Waals surface area contributed by atoms with Crippen molar-refractivity contribution in [2.45, 2.75) is 0 Å². The maximum absolute atomic E-state index is 11.4. The van der Waals surface area contributed by atoms with Gasteiger partial charge in [-0.05, 0) is 29.1 Å². The molecule has 0 amide bonds. The Morgan fingerprint density at radius 2 is 1.57 bits per heavy atom. The summed E-state index contributed by atoms with van der Waals surface area (Å²) in [6.45, 7) is 0. The summed E-state index contributed by atoms with van der Waals surface area (Å²) in [6.07, 6.45) is 1.76. The van der Waals surface area contributed by atoms with Crippen molar-refractivity contribution in [2.24, 2.45) is 0 Å². The number of nitro groups is 1. The second kappa shape index (κ2) is 5.18. The molecular weight excluding hydrogens is 288 g/mol. The molecule has 3 aromatic carbocycles. The van der Waals surface area contributed by atoms with E-state index < -0.39 is 0 Å². The van der Waals surface area contributed by atoms with E-state index in [1.807, 2.05) is 48.5 Å². The van der Waals surface area contributed by atoms with Gasteiger partial charge in [0.15, 0.2) is 0 Å². The molecule has 0 atom stereocenters. The zero-order valence-electron chi connectivity index (χ0n) is 12.1. The van der Waals surface area contributed by atoms with Gasteiger partial charge in [0, 0.05) is 23.0 Å². The third-order valence-corrected chi connectivity index (χ3v) is 4.00. The fraction of sp³-hybridized carbons (Fsp3) is 0. The van der Waals surface area contributed by atoms with Gasteiger partial charge in [-0.1, -0.05) is 42.5 Å². The molecular formula is C19H12N2O2. The molecule has 1 aromatic heterocycles. The van der Waals surface area contributed by atoms with Crippen LogP contribution in [0.15, 0.2) is 72.9 Å². The molecule has 0 saturated heterocycles. The molecule has 0 saturated carbocycles. The molecule has 4 aromatic rings. The topological polar surface area (TPSA) is 56.0 Å². The minimum Gasteiger partial charge on any atom is -0.258 e. The van der Waals surface area contributed by atoms with Crippen LogP contribution in [0.5, 0.6) is 0 Å². The summed E-state index contributed by atoms with van der Waals surface area (Å²) in [6, 6.07) is 20.6. The minimum absolute atomic E-state index is 0.112. The van der Waals surface area contributed by atoms with Gasteiger partial charge in [0.05, 0.1) is 16.0 Å². The van der Waals surface area contributed by atoms with Crippen molar-refractivity contribution in [3.63, 3.8) is 0 Å². The van der Waals surface area contributed by atoms with Gasteiger partial charge >= 0.3 is 0 Å². The van der Waals surface area contributed by atoms with Crippen LogP contribution in [-0.4, -0.2) is 9.91 Å². The number of rotatable bonds is 2. The number of aromatic nitrogens is 1. The highest BCUT2D eigenvalue weighted by Gasteiger charge is 2.17. The number of fused-ring (bicyclic) bond motifs is 3. The zero-order valence-corrected chi connectivity index (χ0v) is 12.1. The Labute approximate surface area is 132 Å². The molecule has 110 valence electrons. The largest absolute Gasteiger partial charge is 0.277 e. The van der Waals surface area contributed by atoms with Crippen LogP contribution in [-0.2, 0) is 0 Å². The summed E-state index contributed by atoms with van der Waals surface area (Å²) >= 11 is 0. The van der Waals surface area contributed by atoms with Crippen LogP contribution in [0, 0.1) is 10.1 Å². The van der Waals surface area contributed by atoms with E-state index in [2.05, 4.69) is 4.98 Å². The molecule has 23 heavy (non-hydrogen) atoms. The van der Waals surface area contributed by atoms with Crippen LogP contribution >= 0.6 is 0 Å². The number of benzene rings is 3. The Morgan fingerprint density at radius 1 is 0.826 bits per heavy atom. The summed E-state index contributed by atoms with van der Waals surface area (Å²) in [5.41, 5.74) is 2.50. The Morgan fingerprint density at radius 3 is 2.39 bits per heavy atom. The van der Waals surface area contributed by atoms with Gasteiger partial charge in [-0.2, -0.15) is 0 Å². The highest BCUT2D eigenvalue weighted by Crippen LogP contribution is 2.37. The van der Waals surface area contributed by atoms with Crippen LogP contribution < -0.4 is 0 Å². The van der Waals surface area contributed by atoms with Crippen LogP contribution in [0.1, 0.15) is 0 Å². The van der Waals surface area contributed by atoms with E-state index in [9.17, 15) is 10.1 Å². The minimum atomic E-state index is -0.336. The van der Waals surface area contributed by atoms with E-state index in [1.54, 1.807) is 18.3 Å². The first-order valence-corrected chi connectivity index (χ1v) is 7.26. The van der Waals surface area contributed by atoms with Crippen molar-refractivity contribution >= 4 is 27.4 Å². The highest BCUT2D eigenvalue weighted by atomic mass is 16.6. The van der Waals surface area contributed by atoms with E-state index >= 15 is 0 Å². The van der Waals surface area contributed by atoms with Crippen LogP contribution in [0.2, 0.25) is 0 Å². The Bertz CT molecular complexity index is 1060. The first-order chi connectivity index (χ1) is 11.3. The molecule has 0 fully saturated rings. The zero-order chi connectivity index (χ0) is 15.8. The molecule has 0 radical (unpaired) electrons. The monoisotopic (exact) mass is 300 g/mol. The Balaban J connectivity index is 2.17. The molecule has 4 rings (SSSR count). The maximum atomic E-state index is 11.4. The SMILES string of the molecule is O=[N+]([O-])c1ccccc1-c1cc2cccnc2c2ccccc12. The third-order valence-electron chi connectivity index (χ3n) is 4.00. The third kappa shape index (κ3) is 2.12. The highest BCUT2D eigenvalue weighted by molar-refractivity contribution is 6.12. The van der Waals surface area contributed by atoms with Crippen molar-refractivity contribution in [2.75, 3.05) is 0 Å². The van der Waals surface area contributed by atoms with E-state index in [0.29, 0.717) is 5.56 Å². The molecule has 0 N–H and O–H groups in total. The number of nitrogens with zero attached hydrogens (tertiary/aromatic N) is 2. The lowest BCUT2D eigenvalue weighted by Crippen LogP contribution is -1.93. The Hall–Kier alpha value is -3.27. The first-order valence-electron chi connectivity index (χ1n) is 7.26. The van der Waals surface area contributed by atoms with E-state index in [0.717, 1.165) is 27.2 Å². The molecule has 0 unspecified atom stereocenters. The molecule has 0 spiro atoms. The average molecular weight is 300 g/mol. The Kier molecular flexibility index (Phi) is 3.01. The fourth-order valence-corrected chi connectivity index (χ4v) is 3.00. The predicted octanol–water partition coefficient (Wildman–Crippen LogP) is 4.96. The van der Waals surface area contributed by atoms with Gasteiger partial charge in [0.1, 0.15) is 0 Å². The summed E-state index contributed by atoms with van der Waals surface area (Å²) in [7, 11) is 0. The van der Waals surface area contributed by atoms with Gasteiger partial charge in [0.2, 0.25) is 0 Å². The molecule has 4 nitrogen and oxygen atoms in total. The second-order valence-electron chi connectivity index (χ2n) is 5.32. The molecule has 4 heteroatoms. The lowest BCUT2D eigenvalue weighted by molar-refractivity contribution is -0.384. The fourth-order valence-electron chi connectivity index (χ4n) is 3.00. The predicted molar refractivity (Wildman–Crippen MR) is 91.3 cm³/mol. The van der Waals surface area contributed by atoms with Gasteiger partial charge < -0.3 is 0 Å². The normalized spacial score (nSPS) is 11.0. The van der Waals surface area contributed by atoms with Crippen LogP contribution in [0.4, 0.5) is 5.69 Å². The van der Waals surface area contributed by atoms with E-state index in [1.165, 1.54) is 6.07 Å². The van der Waals surface area contributed by atoms with Crippen molar-refractivity contribution < 1.29 is 4.92 Å². The number of hydrogen-bond donors (Lipinski definition) is 0. The second-order valence-corrected chi connectivity index (χ2v) is 5.32. The van der Waals surface area contributed by atoms with Crippen LogP contribution in [0.3, 0.4) is 0 Å². The van der Waals surface area contributed by atoms with Gasteiger partial charge in [-0.15, -0.1) is 0 Å². The first kappa shape index (κ1) is 13.4. The number of hydrogen-bond acceptors (Lipinski definition) is 3. The standard InChI is InChI=1S/C19H12N2O2/c22-21(23)18-10-4-3-8-15(18)17-12-13-6-5-11-20-19(13)16-9-2-1-7-14(16)17/h1-12H. The van der Waals surface area contributed by atoms with Gasteiger partial charge in [-0.3, -0.25) is 15.1 Å². The maximum Gasteiger partial charge on any atom is 0.277 e. The lowest BCUT2D eigenvalue weighted by atomic mass is 9.94. The number of nitro benzene ring substituents is 1. The van der Waals surface area contributed by atoms with Gasteiger partial charge in [-0.25, -0.2) is 0 Å². The van der Waals surface area contributed by atoms with E-state index in [-0.39, 0.29) is 10.6 Å². The number of para-hydroxylation sites is 1. The van der Waals surface area contributed by atoms with E-state index in [4.69, 9.17) is 0 Å². The summed E-state index contributed by atoms with van der Waals surface area (Å²) in [5, 5.41) is 14.3. The summed E-state index contributed by atoms with van der Waals surface area (Å²) in [5.74, 6) is 0.